The number of fused-ring (bicyclic) bond motifs is 1. The Morgan fingerprint density at radius 2 is 2.19 bits per heavy atom. The van der Waals surface area contributed by atoms with Gasteiger partial charge in [0.2, 0.25) is 5.91 Å². The predicted octanol–water partition coefficient (Wildman–Crippen LogP) is 2.03. The first-order chi connectivity index (χ1) is 7.83. The van der Waals surface area contributed by atoms with Crippen LogP contribution in [0.2, 0.25) is 0 Å². The van der Waals surface area contributed by atoms with E-state index in [-0.39, 0.29) is 5.91 Å². The summed E-state index contributed by atoms with van der Waals surface area (Å²) < 4.78 is 5.60. The van der Waals surface area contributed by atoms with Gasteiger partial charge in [-0.3, -0.25) is 4.79 Å². The Kier molecular flexibility index (Phi) is 4.47. The van der Waals surface area contributed by atoms with Crippen molar-refractivity contribution in [2.24, 2.45) is 5.92 Å². The summed E-state index contributed by atoms with van der Waals surface area (Å²) in [5, 5.41) is 0. The fourth-order valence-electron chi connectivity index (χ4n) is 2.89. The molecule has 0 aromatic carbocycles. The van der Waals surface area contributed by atoms with E-state index in [4.69, 9.17) is 16.3 Å². The standard InChI is InChI=1S/C12H20ClNO2/c13-6-5-12(15)14-7-8-16-9-10-3-1-2-4-11(10)14/h10-11H,1-9H2/t10-,11+/m1/s1. The molecule has 2 aliphatic rings. The van der Waals surface area contributed by atoms with Crippen molar-refractivity contribution in [3.8, 4) is 0 Å². The van der Waals surface area contributed by atoms with Gasteiger partial charge in [-0.15, -0.1) is 11.6 Å². The lowest BCUT2D eigenvalue weighted by Gasteiger charge is -2.37. The van der Waals surface area contributed by atoms with Gasteiger partial charge in [0.15, 0.2) is 0 Å². The van der Waals surface area contributed by atoms with Gasteiger partial charge in [-0.05, 0) is 12.8 Å². The number of hydrogen-bond acceptors (Lipinski definition) is 2. The zero-order valence-corrected chi connectivity index (χ0v) is 10.4. The summed E-state index contributed by atoms with van der Waals surface area (Å²) in [5.41, 5.74) is 0. The Hall–Kier alpha value is -0.280. The Labute approximate surface area is 102 Å². The van der Waals surface area contributed by atoms with E-state index in [0.717, 1.165) is 19.6 Å². The molecule has 1 aliphatic carbocycles. The maximum atomic E-state index is 12.0. The van der Waals surface area contributed by atoms with Crippen LogP contribution in [0, 0.1) is 5.92 Å². The van der Waals surface area contributed by atoms with Gasteiger partial charge < -0.3 is 9.64 Å². The van der Waals surface area contributed by atoms with Crippen molar-refractivity contribution in [1.29, 1.82) is 0 Å². The first-order valence-electron chi connectivity index (χ1n) is 6.26. The van der Waals surface area contributed by atoms with E-state index in [9.17, 15) is 4.79 Å². The van der Waals surface area contributed by atoms with E-state index in [2.05, 4.69) is 0 Å². The van der Waals surface area contributed by atoms with Gasteiger partial charge in [0.05, 0.1) is 13.2 Å². The van der Waals surface area contributed by atoms with Crippen molar-refractivity contribution < 1.29 is 9.53 Å². The third kappa shape index (κ3) is 2.69. The van der Waals surface area contributed by atoms with Crippen LogP contribution in [0.5, 0.6) is 0 Å². The molecule has 2 rings (SSSR count). The molecular weight excluding hydrogens is 226 g/mol. The maximum absolute atomic E-state index is 12.0. The number of hydrogen-bond donors (Lipinski definition) is 0. The van der Waals surface area contributed by atoms with Crippen molar-refractivity contribution in [2.75, 3.05) is 25.6 Å². The summed E-state index contributed by atoms with van der Waals surface area (Å²) >= 11 is 5.65. The molecule has 3 nitrogen and oxygen atoms in total. The van der Waals surface area contributed by atoms with Crippen LogP contribution in [-0.2, 0) is 9.53 Å². The number of nitrogens with zero attached hydrogens (tertiary/aromatic N) is 1. The highest BCUT2D eigenvalue weighted by Crippen LogP contribution is 2.30. The van der Waals surface area contributed by atoms with Crippen molar-refractivity contribution in [3.63, 3.8) is 0 Å². The lowest BCUT2D eigenvalue weighted by molar-refractivity contribution is -0.134. The van der Waals surface area contributed by atoms with Crippen LogP contribution < -0.4 is 0 Å². The lowest BCUT2D eigenvalue weighted by Crippen LogP contribution is -2.46. The predicted molar refractivity (Wildman–Crippen MR) is 63.6 cm³/mol. The highest BCUT2D eigenvalue weighted by molar-refractivity contribution is 6.18. The third-order valence-electron chi connectivity index (χ3n) is 3.71. The van der Waals surface area contributed by atoms with Crippen molar-refractivity contribution in [2.45, 2.75) is 38.1 Å². The second-order valence-electron chi connectivity index (χ2n) is 4.71. The van der Waals surface area contributed by atoms with Crippen LogP contribution in [-0.4, -0.2) is 42.5 Å². The summed E-state index contributed by atoms with van der Waals surface area (Å²) in [5.74, 6) is 1.18. The molecule has 2 fully saturated rings. The van der Waals surface area contributed by atoms with Gasteiger partial charge in [-0.1, -0.05) is 12.8 Å². The lowest BCUT2D eigenvalue weighted by atomic mass is 9.84. The number of rotatable bonds is 2. The zero-order chi connectivity index (χ0) is 11.4. The molecular formula is C12H20ClNO2. The largest absolute Gasteiger partial charge is 0.379 e. The molecule has 1 aliphatic heterocycles. The molecule has 0 aromatic heterocycles. The number of ether oxygens (including phenoxy) is 1. The molecule has 0 radical (unpaired) electrons. The van der Waals surface area contributed by atoms with E-state index in [1.54, 1.807) is 0 Å². The van der Waals surface area contributed by atoms with Gasteiger partial charge in [-0.25, -0.2) is 0 Å². The molecule has 0 spiro atoms. The average Bonchev–Trinajstić information content (AvgIpc) is 2.51. The van der Waals surface area contributed by atoms with Crippen molar-refractivity contribution in [3.05, 3.63) is 0 Å². The molecule has 1 saturated heterocycles. The Bertz CT molecular complexity index is 247. The number of halogens is 1. The monoisotopic (exact) mass is 245 g/mol. The SMILES string of the molecule is O=C(CCCl)N1CCOC[C@H]2CCCC[C@@H]21. The fraction of sp³-hybridized carbons (Fsp3) is 0.917. The quantitative estimate of drug-likeness (QED) is 0.697. The molecule has 0 N–H and O–H groups in total. The second-order valence-corrected chi connectivity index (χ2v) is 5.09. The first-order valence-corrected chi connectivity index (χ1v) is 6.79. The van der Waals surface area contributed by atoms with Gasteiger partial charge in [0.1, 0.15) is 0 Å². The molecule has 16 heavy (non-hydrogen) atoms. The number of amides is 1. The summed E-state index contributed by atoms with van der Waals surface area (Å²) in [6, 6.07) is 0.409. The number of carbonyl (C=O) groups is 1. The normalized spacial score (nSPS) is 30.7. The van der Waals surface area contributed by atoms with Gasteiger partial charge in [-0.2, -0.15) is 0 Å². The molecule has 0 aromatic rings. The van der Waals surface area contributed by atoms with Gasteiger partial charge in [0.25, 0.3) is 0 Å². The van der Waals surface area contributed by atoms with Crippen molar-refractivity contribution >= 4 is 17.5 Å². The van der Waals surface area contributed by atoms with Crippen LogP contribution in [0.25, 0.3) is 0 Å². The smallest absolute Gasteiger partial charge is 0.224 e. The molecule has 0 bridgehead atoms. The highest BCUT2D eigenvalue weighted by Gasteiger charge is 2.34. The average molecular weight is 246 g/mol. The molecule has 1 amide bonds. The second kappa shape index (κ2) is 5.87. The Balaban J connectivity index is 2.05. The van der Waals surface area contributed by atoms with E-state index >= 15 is 0 Å². The first kappa shape index (κ1) is 12.2. The molecule has 0 unspecified atom stereocenters. The minimum absolute atomic E-state index is 0.206. The molecule has 92 valence electrons. The van der Waals surface area contributed by atoms with Crippen LogP contribution in [0.15, 0.2) is 0 Å². The topological polar surface area (TPSA) is 29.5 Å². The maximum Gasteiger partial charge on any atom is 0.224 e. The summed E-state index contributed by atoms with van der Waals surface area (Å²) in [4.78, 5) is 14.0. The van der Waals surface area contributed by atoms with E-state index in [0.29, 0.717) is 30.9 Å². The third-order valence-corrected chi connectivity index (χ3v) is 3.90. The van der Waals surface area contributed by atoms with Crippen LogP contribution in [0.3, 0.4) is 0 Å². The van der Waals surface area contributed by atoms with Crippen LogP contribution >= 0.6 is 11.6 Å². The van der Waals surface area contributed by atoms with E-state index in [1.165, 1.54) is 19.3 Å². The molecule has 1 saturated carbocycles. The van der Waals surface area contributed by atoms with Crippen LogP contribution in [0.4, 0.5) is 0 Å². The van der Waals surface area contributed by atoms with E-state index in [1.807, 2.05) is 4.90 Å². The summed E-state index contributed by atoms with van der Waals surface area (Å²) in [7, 11) is 0. The van der Waals surface area contributed by atoms with Gasteiger partial charge in [0, 0.05) is 30.8 Å². The van der Waals surface area contributed by atoms with Gasteiger partial charge >= 0.3 is 0 Å². The minimum Gasteiger partial charge on any atom is -0.379 e. The highest BCUT2D eigenvalue weighted by atomic mass is 35.5. The zero-order valence-electron chi connectivity index (χ0n) is 9.66. The summed E-state index contributed by atoms with van der Waals surface area (Å²) in [6.45, 7) is 2.26. The van der Waals surface area contributed by atoms with Crippen molar-refractivity contribution in [1.82, 2.24) is 4.90 Å². The number of carbonyl (C=O) groups excluding carboxylic acids is 1. The van der Waals surface area contributed by atoms with E-state index < -0.39 is 0 Å². The fourth-order valence-corrected chi connectivity index (χ4v) is 3.05. The minimum atomic E-state index is 0.206. The van der Waals surface area contributed by atoms with Crippen LogP contribution in [0.1, 0.15) is 32.1 Å². The molecule has 1 heterocycles. The summed E-state index contributed by atoms with van der Waals surface area (Å²) in [6.07, 6.45) is 5.33. The Morgan fingerprint density at radius 1 is 1.38 bits per heavy atom. The number of alkyl halides is 1. The Morgan fingerprint density at radius 3 is 3.00 bits per heavy atom. The molecule has 2 atom stereocenters. The molecule has 4 heteroatoms.